The van der Waals surface area contributed by atoms with Gasteiger partial charge in [-0.25, -0.2) is 4.39 Å². The number of hydrogen-bond acceptors (Lipinski definition) is 3. The summed E-state index contributed by atoms with van der Waals surface area (Å²) in [5.74, 6) is -0.275. The highest BCUT2D eigenvalue weighted by atomic mass is 35.5. The first kappa shape index (κ1) is 17.7. The van der Waals surface area contributed by atoms with E-state index in [9.17, 15) is 4.39 Å². The Bertz CT molecular complexity index is 474. The normalized spacial score (nSPS) is 23.9. The second-order valence-corrected chi connectivity index (χ2v) is 6.58. The summed E-state index contributed by atoms with van der Waals surface area (Å²) in [6.07, 6.45) is 0.858. The Balaban J connectivity index is 1.87. The summed E-state index contributed by atoms with van der Waals surface area (Å²) in [6.45, 7) is 9.35. The number of ether oxygens (including phenoxy) is 1. The zero-order valence-corrected chi connectivity index (χ0v) is 14.4. The average molecular weight is 329 g/mol. The largest absolute Gasteiger partial charge is 0.383 e. The van der Waals surface area contributed by atoms with Crippen LogP contribution in [0.1, 0.15) is 19.4 Å². The van der Waals surface area contributed by atoms with Crippen molar-refractivity contribution >= 4 is 11.6 Å². The molecule has 124 valence electrons. The molecule has 0 spiro atoms. The minimum absolute atomic E-state index is 0.275. The third-order valence-electron chi connectivity index (χ3n) is 4.44. The SMILES string of the molecule is COCCN1[C@@H](C)CN(CCc2ccc(F)cc2Cl)C[C@@H]1C. The van der Waals surface area contributed by atoms with Crippen LogP contribution in [0.15, 0.2) is 18.2 Å². The predicted molar refractivity (Wildman–Crippen MR) is 89.1 cm³/mol. The Morgan fingerprint density at radius 1 is 1.23 bits per heavy atom. The van der Waals surface area contributed by atoms with E-state index in [0.29, 0.717) is 17.1 Å². The number of benzene rings is 1. The summed E-state index contributed by atoms with van der Waals surface area (Å²) in [6, 6.07) is 5.70. The molecule has 0 unspecified atom stereocenters. The van der Waals surface area contributed by atoms with Gasteiger partial charge >= 0.3 is 0 Å². The third kappa shape index (κ3) is 4.66. The van der Waals surface area contributed by atoms with Crippen LogP contribution in [0.3, 0.4) is 0 Å². The summed E-state index contributed by atoms with van der Waals surface area (Å²) in [5.41, 5.74) is 1.02. The van der Waals surface area contributed by atoms with Crippen molar-refractivity contribution in [3.05, 3.63) is 34.6 Å². The number of piperazine rings is 1. The van der Waals surface area contributed by atoms with Gasteiger partial charge in [-0.05, 0) is 38.0 Å². The molecule has 1 saturated heterocycles. The first-order chi connectivity index (χ1) is 10.5. The fraction of sp³-hybridized carbons (Fsp3) is 0.647. The van der Waals surface area contributed by atoms with Crippen LogP contribution in [0.5, 0.6) is 0 Å². The standard InChI is InChI=1S/C17H26ClFN2O/c1-13-11-20(12-14(2)21(13)8-9-22-3)7-6-15-4-5-16(19)10-17(15)18/h4-5,10,13-14H,6-9,11-12H2,1-3H3/t13-,14-/m0/s1. The van der Waals surface area contributed by atoms with Gasteiger partial charge in [0.05, 0.1) is 6.61 Å². The molecule has 1 aromatic carbocycles. The lowest BCUT2D eigenvalue weighted by Crippen LogP contribution is -2.57. The van der Waals surface area contributed by atoms with E-state index in [1.54, 1.807) is 13.2 Å². The summed E-state index contributed by atoms with van der Waals surface area (Å²) in [5, 5.41) is 0.528. The smallest absolute Gasteiger partial charge is 0.124 e. The number of hydrogen-bond donors (Lipinski definition) is 0. The molecule has 0 aliphatic carbocycles. The van der Waals surface area contributed by atoms with E-state index < -0.39 is 0 Å². The summed E-state index contributed by atoms with van der Waals surface area (Å²) >= 11 is 6.10. The van der Waals surface area contributed by atoms with Crippen LogP contribution in [-0.4, -0.2) is 61.8 Å². The van der Waals surface area contributed by atoms with Crippen molar-refractivity contribution in [1.29, 1.82) is 0 Å². The van der Waals surface area contributed by atoms with E-state index in [-0.39, 0.29) is 5.82 Å². The molecule has 2 atom stereocenters. The zero-order chi connectivity index (χ0) is 16.1. The van der Waals surface area contributed by atoms with Crippen molar-refractivity contribution in [3.8, 4) is 0 Å². The maximum absolute atomic E-state index is 13.1. The Kier molecular flexibility index (Phi) is 6.63. The highest BCUT2D eigenvalue weighted by molar-refractivity contribution is 6.31. The molecule has 1 fully saturated rings. The van der Waals surface area contributed by atoms with Crippen LogP contribution < -0.4 is 0 Å². The van der Waals surface area contributed by atoms with E-state index in [2.05, 4.69) is 23.6 Å². The molecule has 1 heterocycles. The van der Waals surface area contributed by atoms with Gasteiger partial charge in [-0.2, -0.15) is 0 Å². The molecule has 5 heteroatoms. The van der Waals surface area contributed by atoms with Crippen molar-refractivity contribution in [2.45, 2.75) is 32.4 Å². The van der Waals surface area contributed by atoms with Gasteiger partial charge in [0.25, 0.3) is 0 Å². The van der Waals surface area contributed by atoms with Crippen LogP contribution in [0, 0.1) is 5.82 Å². The maximum atomic E-state index is 13.1. The minimum Gasteiger partial charge on any atom is -0.383 e. The van der Waals surface area contributed by atoms with Crippen LogP contribution in [0.2, 0.25) is 5.02 Å². The van der Waals surface area contributed by atoms with Crippen LogP contribution in [0.4, 0.5) is 4.39 Å². The highest BCUT2D eigenvalue weighted by Gasteiger charge is 2.28. The molecule has 1 aromatic rings. The van der Waals surface area contributed by atoms with Gasteiger partial charge in [0.1, 0.15) is 5.82 Å². The zero-order valence-electron chi connectivity index (χ0n) is 13.7. The van der Waals surface area contributed by atoms with Gasteiger partial charge < -0.3 is 4.74 Å². The average Bonchev–Trinajstić information content (AvgIpc) is 2.45. The highest BCUT2D eigenvalue weighted by Crippen LogP contribution is 2.20. The Hall–Kier alpha value is -0.680. The monoisotopic (exact) mass is 328 g/mol. The molecule has 0 amide bonds. The first-order valence-corrected chi connectivity index (χ1v) is 8.30. The molecule has 0 saturated carbocycles. The molecule has 0 radical (unpaired) electrons. The molecule has 3 nitrogen and oxygen atoms in total. The molecule has 1 aliphatic heterocycles. The van der Waals surface area contributed by atoms with Gasteiger partial charge in [0, 0.05) is 50.4 Å². The molecule has 2 rings (SSSR count). The molecule has 0 bridgehead atoms. The summed E-state index contributed by atoms with van der Waals surface area (Å²) in [4.78, 5) is 4.98. The number of methoxy groups -OCH3 is 1. The van der Waals surface area contributed by atoms with Gasteiger partial charge in [-0.1, -0.05) is 17.7 Å². The van der Waals surface area contributed by atoms with E-state index in [4.69, 9.17) is 16.3 Å². The van der Waals surface area contributed by atoms with E-state index in [1.807, 2.05) is 0 Å². The van der Waals surface area contributed by atoms with Gasteiger partial charge in [0.2, 0.25) is 0 Å². The number of halogens is 2. The van der Waals surface area contributed by atoms with E-state index >= 15 is 0 Å². The Morgan fingerprint density at radius 2 is 1.91 bits per heavy atom. The lowest BCUT2D eigenvalue weighted by atomic mass is 10.1. The van der Waals surface area contributed by atoms with Gasteiger partial charge in [0.15, 0.2) is 0 Å². The van der Waals surface area contributed by atoms with Crippen molar-refractivity contribution < 1.29 is 9.13 Å². The van der Waals surface area contributed by atoms with E-state index in [1.165, 1.54) is 12.1 Å². The topological polar surface area (TPSA) is 15.7 Å². The fourth-order valence-electron chi connectivity index (χ4n) is 3.29. The number of nitrogens with zero attached hydrogens (tertiary/aromatic N) is 2. The number of rotatable bonds is 6. The third-order valence-corrected chi connectivity index (χ3v) is 4.80. The predicted octanol–water partition coefficient (Wildman–Crippen LogP) is 3.06. The van der Waals surface area contributed by atoms with Gasteiger partial charge in [-0.3, -0.25) is 9.80 Å². The van der Waals surface area contributed by atoms with Crippen LogP contribution in [0.25, 0.3) is 0 Å². The molecular formula is C17H26ClFN2O. The summed E-state index contributed by atoms with van der Waals surface area (Å²) in [7, 11) is 1.75. The maximum Gasteiger partial charge on any atom is 0.124 e. The lowest BCUT2D eigenvalue weighted by molar-refractivity contribution is 0.0215. The fourth-order valence-corrected chi connectivity index (χ4v) is 3.55. The van der Waals surface area contributed by atoms with Crippen molar-refractivity contribution in [2.75, 3.05) is 39.9 Å². The Labute approximate surface area is 138 Å². The summed E-state index contributed by atoms with van der Waals surface area (Å²) < 4.78 is 18.3. The quantitative estimate of drug-likeness (QED) is 0.798. The second-order valence-electron chi connectivity index (χ2n) is 6.17. The first-order valence-electron chi connectivity index (χ1n) is 7.92. The second kappa shape index (κ2) is 8.25. The molecular weight excluding hydrogens is 303 g/mol. The molecule has 22 heavy (non-hydrogen) atoms. The minimum atomic E-state index is -0.275. The van der Waals surface area contributed by atoms with Crippen molar-refractivity contribution in [1.82, 2.24) is 9.80 Å². The van der Waals surface area contributed by atoms with Crippen molar-refractivity contribution in [3.63, 3.8) is 0 Å². The van der Waals surface area contributed by atoms with Crippen LogP contribution in [-0.2, 0) is 11.2 Å². The Morgan fingerprint density at radius 3 is 2.50 bits per heavy atom. The molecule has 1 aliphatic rings. The lowest BCUT2D eigenvalue weighted by Gasteiger charge is -2.44. The van der Waals surface area contributed by atoms with E-state index in [0.717, 1.165) is 44.8 Å². The van der Waals surface area contributed by atoms with Crippen LogP contribution >= 0.6 is 11.6 Å². The van der Waals surface area contributed by atoms with Crippen molar-refractivity contribution in [2.24, 2.45) is 0 Å². The van der Waals surface area contributed by atoms with Gasteiger partial charge in [-0.15, -0.1) is 0 Å². The molecule has 0 N–H and O–H groups in total. The molecule has 0 aromatic heterocycles.